The van der Waals surface area contributed by atoms with Crippen molar-refractivity contribution in [1.29, 1.82) is 0 Å². The highest BCUT2D eigenvalue weighted by molar-refractivity contribution is 5.95. The summed E-state index contributed by atoms with van der Waals surface area (Å²) in [6, 6.07) is 23.2. The van der Waals surface area contributed by atoms with E-state index >= 15 is 0 Å². The van der Waals surface area contributed by atoms with E-state index in [2.05, 4.69) is 5.32 Å². The van der Waals surface area contributed by atoms with Gasteiger partial charge in [-0.15, -0.1) is 0 Å². The van der Waals surface area contributed by atoms with E-state index in [9.17, 15) is 44.7 Å². The van der Waals surface area contributed by atoms with Crippen molar-refractivity contribution in [2.75, 3.05) is 6.61 Å². The summed E-state index contributed by atoms with van der Waals surface area (Å²) >= 11 is 0. The fourth-order valence-corrected chi connectivity index (χ4v) is 9.54. The van der Waals surface area contributed by atoms with Crippen molar-refractivity contribution >= 4 is 23.6 Å². The number of esters is 2. The molecular formula is C43H47NO12. The Morgan fingerprint density at radius 1 is 0.857 bits per heavy atom. The van der Waals surface area contributed by atoms with Gasteiger partial charge in [0.25, 0.3) is 5.91 Å². The van der Waals surface area contributed by atoms with Gasteiger partial charge in [0.2, 0.25) is 0 Å². The Labute approximate surface area is 323 Å². The molecule has 7 rings (SSSR count). The molecule has 1 unspecified atom stereocenters. The molecule has 2 bridgehead atoms. The van der Waals surface area contributed by atoms with Crippen molar-refractivity contribution in [2.45, 2.75) is 94.4 Å². The van der Waals surface area contributed by atoms with Gasteiger partial charge in [-0.3, -0.25) is 9.59 Å². The van der Waals surface area contributed by atoms with E-state index in [1.807, 2.05) is 0 Å². The summed E-state index contributed by atoms with van der Waals surface area (Å²) in [4.78, 5) is 56.0. The first kappa shape index (κ1) is 39.5. The van der Waals surface area contributed by atoms with Crippen LogP contribution in [0.15, 0.2) is 102 Å². The smallest absolute Gasteiger partial charge is 0.338 e. The molecule has 3 fully saturated rings. The minimum atomic E-state index is -2.30. The minimum Gasteiger partial charge on any atom is -0.456 e. The molecule has 296 valence electrons. The van der Waals surface area contributed by atoms with Crippen LogP contribution >= 0.6 is 0 Å². The predicted molar refractivity (Wildman–Crippen MR) is 199 cm³/mol. The van der Waals surface area contributed by atoms with Gasteiger partial charge in [-0.05, 0) is 54.8 Å². The molecule has 4 aliphatic rings. The summed E-state index contributed by atoms with van der Waals surface area (Å²) in [7, 11) is 0. The molecular weight excluding hydrogens is 722 g/mol. The molecule has 0 spiro atoms. The Balaban J connectivity index is 1.31. The largest absolute Gasteiger partial charge is 0.456 e. The summed E-state index contributed by atoms with van der Waals surface area (Å²) in [5, 5.41) is 63.6. The number of amides is 1. The number of rotatable bonds is 8. The lowest BCUT2D eigenvalue weighted by atomic mass is 9.44. The zero-order valence-corrected chi connectivity index (χ0v) is 31.5. The number of ether oxygens (including phenoxy) is 3. The number of fused-ring (bicyclic) bond motifs is 5. The number of nitrogens with one attached hydrogen (secondary N) is 1. The molecule has 0 aromatic heterocycles. The third-order valence-corrected chi connectivity index (χ3v) is 12.9. The summed E-state index contributed by atoms with van der Waals surface area (Å²) in [6.07, 6.45) is -10.3. The lowest BCUT2D eigenvalue weighted by Gasteiger charge is -2.66. The average molecular weight is 770 g/mol. The maximum Gasteiger partial charge on any atom is 0.338 e. The van der Waals surface area contributed by atoms with Crippen LogP contribution in [0.2, 0.25) is 0 Å². The van der Waals surface area contributed by atoms with Gasteiger partial charge < -0.3 is 45.1 Å². The minimum absolute atomic E-state index is 0.0351. The molecule has 3 aromatic rings. The van der Waals surface area contributed by atoms with Crippen molar-refractivity contribution < 1.29 is 58.9 Å². The number of benzene rings is 3. The van der Waals surface area contributed by atoms with Gasteiger partial charge in [0.15, 0.2) is 11.9 Å². The molecule has 3 aliphatic carbocycles. The molecule has 3 aromatic carbocycles. The van der Waals surface area contributed by atoms with Crippen LogP contribution in [0.1, 0.15) is 72.9 Å². The molecule has 1 saturated heterocycles. The first-order chi connectivity index (χ1) is 26.5. The fourth-order valence-electron chi connectivity index (χ4n) is 9.54. The number of aliphatic hydroxyl groups is 5. The van der Waals surface area contributed by atoms with E-state index in [-0.39, 0.29) is 35.3 Å². The van der Waals surface area contributed by atoms with Gasteiger partial charge in [-0.2, -0.15) is 0 Å². The van der Waals surface area contributed by atoms with E-state index < -0.39 is 101 Å². The quantitative estimate of drug-likeness (QED) is 0.144. The SMILES string of the molecule is CC1=C2[C@@H](O)C(=O)[C@@]3(C)[C@H]([C@H](OC(=O)c4ccccc4)[C@](O)(CC1OC(=O)[C@H](O)[C@@H](NC(=O)c1ccccc1)c1ccccc1)C2(C)C)[C@]1(O)CO[C@@H]1C[C@@H]3O. The van der Waals surface area contributed by atoms with Gasteiger partial charge in [-0.1, -0.05) is 80.6 Å². The molecule has 1 heterocycles. The van der Waals surface area contributed by atoms with E-state index in [1.54, 1.807) is 92.7 Å². The Hall–Kier alpha value is -4.76. The zero-order valence-electron chi connectivity index (χ0n) is 31.5. The summed E-state index contributed by atoms with van der Waals surface area (Å²) in [6.45, 7) is 5.72. The third kappa shape index (κ3) is 6.08. The number of Topliss-reactive ketones (excluding diaryl/α,β-unsaturated/α-hetero) is 1. The van der Waals surface area contributed by atoms with E-state index in [0.29, 0.717) is 5.56 Å². The second-order valence-corrected chi connectivity index (χ2v) is 16.2. The van der Waals surface area contributed by atoms with Crippen molar-refractivity contribution in [1.82, 2.24) is 5.32 Å². The summed E-state index contributed by atoms with van der Waals surface area (Å²) in [5.41, 5.74) is -6.83. The van der Waals surface area contributed by atoms with E-state index in [4.69, 9.17) is 14.2 Å². The second kappa shape index (κ2) is 14.3. The summed E-state index contributed by atoms with van der Waals surface area (Å²) < 4.78 is 17.9. The maximum absolute atomic E-state index is 14.7. The maximum atomic E-state index is 14.7. The Morgan fingerprint density at radius 2 is 1.43 bits per heavy atom. The van der Waals surface area contributed by atoms with E-state index in [1.165, 1.54) is 26.0 Å². The van der Waals surface area contributed by atoms with Crippen molar-refractivity contribution in [3.8, 4) is 0 Å². The van der Waals surface area contributed by atoms with Gasteiger partial charge in [-0.25, -0.2) is 9.59 Å². The molecule has 56 heavy (non-hydrogen) atoms. The van der Waals surface area contributed by atoms with Crippen LogP contribution < -0.4 is 5.32 Å². The number of ketones is 1. The van der Waals surface area contributed by atoms with Crippen molar-refractivity contribution in [3.05, 3.63) is 119 Å². The normalized spacial score (nSPS) is 34.3. The van der Waals surface area contributed by atoms with Crippen LogP contribution in [-0.2, 0) is 23.8 Å². The molecule has 13 heteroatoms. The molecule has 2 saturated carbocycles. The van der Waals surface area contributed by atoms with E-state index in [0.717, 1.165) is 0 Å². The van der Waals surface area contributed by atoms with Gasteiger partial charge in [0.1, 0.15) is 29.5 Å². The topological polar surface area (TPSA) is 209 Å². The van der Waals surface area contributed by atoms with Crippen molar-refractivity contribution in [2.24, 2.45) is 16.7 Å². The van der Waals surface area contributed by atoms with Crippen molar-refractivity contribution in [3.63, 3.8) is 0 Å². The number of carbonyl (C=O) groups excluding carboxylic acids is 4. The lowest BCUT2D eigenvalue weighted by molar-refractivity contribution is -0.343. The van der Waals surface area contributed by atoms with Crippen LogP contribution in [0.3, 0.4) is 0 Å². The van der Waals surface area contributed by atoms with Gasteiger partial charge in [0, 0.05) is 29.7 Å². The molecule has 6 N–H and O–H groups in total. The number of hydrogen-bond donors (Lipinski definition) is 6. The monoisotopic (exact) mass is 769 g/mol. The third-order valence-electron chi connectivity index (χ3n) is 12.9. The van der Waals surface area contributed by atoms with Gasteiger partial charge in [0.05, 0.1) is 35.8 Å². The molecule has 11 atom stereocenters. The van der Waals surface area contributed by atoms with Crippen LogP contribution in [0.25, 0.3) is 0 Å². The standard InChI is InChI=1S/C43H47NO12/c1-23-27(55-39(51)33(47)31(24-14-8-5-9-15-24)44-37(49)25-16-10-6-11-17-25)21-43(53)36(56-38(50)26-18-12-7-13-19-26)34-41(4,28(45)20-29-42(34,52)22-54-29)35(48)32(46)30(23)40(43,2)3/h5-19,27-29,31-34,36,45-47,52-53H,20-22H2,1-4H3,(H,44,49)/t27?,28-,29+,31-,32+,33+,34-,36-,41+,42-,43+/m0/s1. The molecule has 0 radical (unpaired) electrons. The molecule has 1 aliphatic heterocycles. The Bertz CT molecular complexity index is 2040. The Kier molecular flexibility index (Phi) is 10.1. The molecule has 1 amide bonds. The van der Waals surface area contributed by atoms with Crippen LogP contribution in [0, 0.1) is 16.7 Å². The van der Waals surface area contributed by atoms with Crippen LogP contribution in [-0.4, -0.2) is 104 Å². The first-order valence-electron chi connectivity index (χ1n) is 18.7. The van der Waals surface area contributed by atoms with Gasteiger partial charge >= 0.3 is 11.9 Å². The van der Waals surface area contributed by atoms with Crippen LogP contribution in [0.5, 0.6) is 0 Å². The first-order valence-corrected chi connectivity index (χ1v) is 18.7. The average Bonchev–Trinajstić information content (AvgIpc) is 3.19. The number of hydrogen-bond acceptors (Lipinski definition) is 12. The number of carbonyl (C=O) groups is 4. The highest BCUT2D eigenvalue weighted by atomic mass is 16.6. The zero-order chi connectivity index (χ0) is 40.4. The predicted octanol–water partition coefficient (Wildman–Crippen LogP) is 2.59. The van der Waals surface area contributed by atoms with Crippen LogP contribution in [0.4, 0.5) is 0 Å². The Morgan fingerprint density at radius 3 is 2.00 bits per heavy atom. The highest BCUT2D eigenvalue weighted by Gasteiger charge is 2.76. The summed E-state index contributed by atoms with van der Waals surface area (Å²) in [5.74, 6) is -5.07. The molecule has 13 nitrogen and oxygen atoms in total. The lowest BCUT2D eigenvalue weighted by Crippen LogP contribution is -2.81. The second-order valence-electron chi connectivity index (χ2n) is 16.2. The highest BCUT2D eigenvalue weighted by Crippen LogP contribution is 2.63. The fraction of sp³-hybridized carbons (Fsp3) is 0.442. The number of aliphatic hydroxyl groups excluding tert-OH is 3.